The number of hydrogen-bond donors (Lipinski definition) is 0. The van der Waals surface area contributed by atoms with Gasteiger partial charge in [-0.25, -0.2) is 0 Å². The summed E-state index contributed by atoms with van der Waals surface area (Å²) in [5.74, 6) is 0. The molecule has 0 fully saturated rings. The van der Waals surface area contributed by atoms with Gasteiger partial charge in [-0.3, -0.25) is 0 Å². The fourth-order valence-corrected chi connectivity index (χ4v) is 5.84. The van der Waals surface area contributed by atoms with Crippen LogP contribution in [0.2, 0.25) is 0 Å². The second-order valence-electron chi connectivity index (χ2n) is 10.0. The first-order valence-electron chi connectivity index (χ1n) is 13.0. The van der Waals surface area contributed by atoms with E-state index in [0.717, 1.165) is 60.3 Å². The Morgan fingerprint density at radius 2 is 0.900 bits per heavy atom. The molecule has 0 saturated carbocycles. The zero-order chi connectivity index (χ0) is 27.5. The van der Waals surface area contributed by atoms with Crippen molar-refractivity contribution in [3.63, 3.8) is 0 Å². The quantitative estimate of drug-likeness (QED) is 0.269. The second kappa shape index (κ2) is 9.42. The Kier molecular flexibility index (Phi) is 5.82. The Labute approximate surface area is 239 Å². The molecule has 0 bridgehead atoms. The van der Waals surface area contributed by atoms with Gasteiger partial charge >= 0.3 is 0 Å². The van der Waals surface area contributed by atoms with Crippen molar-refractivity contribution in [2.75, 3.05) is 0 Å². The van der Waals surface area contributed by atoms with E-state index < -0.39 is 0 Å². The Bertz CT molecular complexity index is 2030. The lowest BCUT2D eigenvalue weighted by molar-refractivity contribution is 0.617. The maximum atomic E-state index is 6.59. The molecule has 1 heterocycles. The van der Waals surface area contributed by atoms with Crippen LogP contribution in [0.3, 0.4) is 0 Å². The summed E-state index contributed by atoms with van der Waals surface area (Å²) in [6.45, 7) is 0. The van der Waals surface area contributed by atoms with Gasteiger partial charge in [0.2, 0.25) is 0 Å². The average molecular weight is 496 g/mol. The van der Waals surface area contributed by atoms with E-state index >= 15 is 0 Å². The van der Waals surface area contributed by atoms with E-state index in [1.54, 1.807) is 0 Å². The third-order valence-corrected chi connectivity index (χ3v) is 7.83. The van der Waals surface area contributed by atoms with Gasteiger partial charge in [0.05, 0.1) is 6.26 Å². The van der Waals surface area contributed by atoms with Gasteiger partial charge in [-0.1, -0.05) is 95.9 Å². The van der Waals surface area contributed by atoms with Gasteiger partial charge in [0.15, 0.2) is 0 Å². The van der Waals surface area contributed by atoms with Crippen LogP contribution in [0.5, 0.6) is 0 Å². The van der Waals surface area contributed by atoms with Gasteiger partial charge in [-0.2, -0.15) is 0 Å². The lowest BCUT2D eigenvalue weighted by Crippen LogP contribution is -2.55. The molecular weight excluding hydrogens is 478 g/mol. The molecule has 6 aromatic carbocycles. The number of furan rings is 1. The molecule has 0 unspecified atom stereocenters. The Morgan fingerprint density at radius 1 is 0.400 bits per heavy atom. The summed E-state index contributed by atoms with van der Waals surface area (Å²) >= 11 is 0. The maximum absolute atomic E-state index is 6.59. The van der Waals surface area contributed by atoms with Crippen LogP contribution in [-0.2, 0) is 0 Å². The van der Waals surface area contributed by atoms with Crippen LogP contribution in [0.25, 0.3) is 65.9 Å². The highest BCUT2D eigenvalue weighted by atomic mass is 16.3. The van der Waals surface area contributed by atoms with Crippen molar-refractivity contribution in [2.45, 2.75) is 0 Å². The smallest absolute Gasteiger partial charge is 0.134 e. The third-order valence-electron chi connectivity index (χ3n) is 7.83. The van der Waals surface area contributed by atoms with Crippen molar-refractivity contribution in [3.8, 4) is 33.4 Å². The summed E-state index contributed by atoms with van der Waals surface area (Å²) < 4.78 is 6.10. The topological polar surface area (TPSA) is 13.1 Å². The van der Waals surface area contributed by atoms with E-state index in [4.69, 9.17) is 43.6 Å². The molecule has 0 atom stereocenters. The summed E-state index contributed by atoms with van der Waals surface area (Å²) in [5.41, 5.74) is 7.88. The summed E-state index contributed by atoms with van der Waals surface area (Å²) in [5, 5.41) is 5.01. The Balaban J connectivity index is 1.61. The lowest BCUT2D eigenvalue weighted by atomic mass is 9.59. The molecule has 0 aliphatic carbocycles. The van der Waals surface area contributed by atoms with Crippen LogP contribution in [0.15, 0.2) is 108 Å². The normalized spacial score (nSPS) is 11.5. The fourth-order valence-electron chi connectivity index (χ4n) is 5.84. The fraction of sp³-hybridized carbons (Fsp3) is 0. The van der Waals surface area contributed by atoms with Crippen LogP contribution in [0.1, 0.15) is 0 Å². The standard InChI is InChI=1S/C34H17B5O/c35-30-29(31(36)33(38)34(39)32(30)37)28-22-12-6-4-10-20(22)27(21-11-5-7-13-23(21)28)25-17-40-26-15-14-19(16-24(25)26)18-8-2-1-3-9-18/h1-17H. The van der Waals surface area contributed by atoms with E-state index in [-0.39, 0.29) is 16.4 Å². The number of benzene rings is 6. The van der Waals surface area contributed by atoms with Crippen molar-refractivity contribution >= 4 is 99.1 Å². The average Bonchev–Trinajstić information content (AvgIpc) is 3.42. The highest BCUT2D eigenvalue weighted by Crippen LogP contribution is 2.45. The highest BCUT2D eigenvalue weighted by molar-refractivity contribution is 6.69. The molecule has 0 amide bonds. The minimum atomic E-state index is 0.197. The highest BCUT2D eigenvalue weighted by Gasteiger charge is 2.22. The van der Waals surface area contributed by atoms with Crippen molar-refractivity contribution in [3.05, 3.63) is 103 Å². The predicted molar refractivity (Wildman–Crippen MR) is 174 cm³/mol. The van der Waals surface area contributed by atoms with E-state index in [9.17, 15) is 0 Å². The predicted octanol–water partition coefficient (Wildman–Crippen LogP) is 3.71. The van der Waals surface area contributed by atoms with Gasteiger partial charge in [-0.05, 0) is 55.9 Å². The summed E-state index contributed by atoms with van der Waals surface area (Å²) in [6.07, 6.45) is 1.84. The second-order valence-corrected chi connectivity index (χ2v) is 10.0. The molecule has 0 spiro atoms. The summed E-state index contributed by atoms with van der Waals surface area (Å²) in [7, 11) is 31.9. The van der Waals surface area contributed by atoms with Crippen LogP contribution >= 0.6 is 0 Å². The van der Waals surface area contributed by atoms with E-state index in [1.807, 2.05) is 54.8 Å². The third kappa shape index (κ3) is 3.63. The van der Waals surface area contributed by atoms with Gasteiger partial charge in [0, 0.05) is 16.5 Å². The zero-order valence-corrected chi connectivity index (χ0v) is 21.6. The molecule has 0 aliphatic heterocycles. The first-order chi connectivity index (χ1) is 19.5. The van der Waals surface area contributed by atoms with Crippen LogP contribution < -0.4 is 27.3 Å². The first kappa shape index (κ1) is 24.7. The summed E-state index contributed by atoms with van der Waals surface area (Å²) in [6, 6.07) is 33.1. The molecular formula is C34H17B5O. The minimum Gasteiger partial charge on any atom is -0.464 e. The molecule has 174 valence electrons. The molecule has 7 rings (SSSR count). The molecule has 10 radical (unpaired) electrons. The Hall–Kier alpha value is -4.30. The zero-order valence-electron chi connectivity index (χ0n) is 21.6. The summed E-state index contributed by atoms with van der Waals surface area (Å²) in [4.78, 5) is 0. The van der Waals surface area contributed by atoms with E-state index in [0.29, 0.717) is 16.5 Å². The molecule has 6 heteroatoms. The number of fused-ring (bicyclic) bond motifs is 3. The first-order valence-corrected chi connectivity index (χ1v) is 13.0. The Morgan fingerprint density at radius 3 is 1.48 bits per heavy atom. The number of rotatable bonds is 3. The molecule has 1 nitrogen and oxygen atoms in total. The van der Waals surface area contributed by atoms with Gasteiger partial charge in [-0.15, -0.1) is 16.4 Å². The van der Waals surface area contributed by atoms with Gasteiger partial charge < -0.3 is 4.42 Å². The molecule has 0 N–H and O–H groups in total. The number of hydrogen-bond acceptors (Lipinski definition) is 1. The van der Waals surface area contributed by atoms with E-state index in [2.05, 4.69) is 48.5 Å². The van der Waals surface area contributed by atoms with Crippen LogP contribution in [0, 0.1) is 0 Å². The lowest BCUT2D eigenvalue weighted by Gasteiger charge is -2.24. The van der Waals surface area contributed by atoms with Crippen molar-refractivity contribution < 1.29 is 4.42 Å². The monoisotopic (exact) mass is 496 g/mol. The SMILES string of the molecule is [B]c1c([B])c([B])c(-c2c3ccccc3c(-c3coc4ccc(-c5ccccc5)cc34)c3ccccc23)c([B])c1[B]. The van der Waals surface area contributed by atoms with Crippen molar-refractivity contribution in [2.24, 2.45) is 0 Å². The van der Waals surface area contributed by atoms with Crippen LogP contribution in [-0.4, -0.2) is 39.2 Å². The molecule has 0 saturated heterocycles. The van der Waals surface area contributed by atoms with E-state index in [1.165, 1.54) is 0 Å². The maximum Gasteiger partial charge on any atom is 0.134 e. The van der Waals surface area contributed by atoms with Crippen molar-refractivity contribution in [1.82, 2.24) is 0 Å². The van der Waals surface area contributed by atoms with Gasteiger partial charge in [0.25, 0.3) is 0 Å². The molecule has 1 aromatic heterocycles. The molecule has 40 heavy (non-hydrogen) atoms. The van der Waals surface area contributed by atoms with Crippen molar-refractivity contribution in [1.29, 1.82) is 0 Å². The molecule has 7 aromatic rings. The minimum absolute atomic E-state index is 0.197. The van der Waals surface area contributed by atoms with Gasteiger partial charge in [0.1, 0.15) is 44.8 Å². The largest absolute Gasteiger partial charge is 0.464 e. The van der Waals surface area contributed by atoms with Crippen LogP contribution in [0.4, 0.5) is 0 Å². The molecule has 0 aliphatic rings.